The molecule has 1 aromatic carbocycles. The van der Waals surface area contributed by atoms with E-state index >= 15 is 0 Å². The van der Waals surface area contributed by atoms with Crippen molar-refractivity contribution in [2.24, 2.45) is 5.73 Å². The molecule has 1 rings (SSSR count). The highest BCUT2D eigenvalue weighted by Crippen LogP contribution is 2.25. The zero-order valence-corrected chi connectivity index (χ0v) is 12.3. The molecule has 18 heavy (non-hydrogen) atoms. The van der Waals surface area contributed by atoms with Crippen LogP contribution in [0.2, 0.25) is 0 Å². The first-order chi connectivity index (χ1) is 8.46. The van der Waals surface area contributed by atoms with Crippen molar-refractivity contribution in [2.75, 3.05) is 20.7 Å². The van der Waals surface area contributed by atoms with Crippen LogP contribution in [0.3, 0.4) is 0 Å². The second kappa shape index (κ2) is 6.21. The highest BCUT2D eigenvalue weighted by atomic mass is 16.5. The fraction of sp³-hybridized carbons (Fsp3) is 0.600. The average molecular weight is 250 g/mol. The minimum Gasteiger partial charge on any atom is -0.496 e. The number of rotatable bonds is 6. The van der Waals surface area contributed by atoms with Crippen LogP contribution in [-0.2, 0) is 6.54 Å². The van der Waals surface area contributed by atoms with Crippen LogP contribution < -0.4 is 10.5 Å². The molecule has 0 heterocycles. The second-order valence-electron chi connectivity index (χ2n) is 5.23. The van der Waals surface area contributed by atoms with Crippen LogP contribution in [-0.4, -0.2) is 31.1 Å². The lowest BCUT2D eigenvalue weighted by atomic mass is 9.96. The molecule has 0 amide bonds. The van der Waals surface area contributed by atoms with Crippen molar-refractivity contribution in [3.8, 4) is 5.75 Å². The highest BCUT2D eigenvalue weighted by molar-refractivity contribution is 5.36. The normalized spacial score (nSPS) is 14.6. The van der Waals surface area contributed by atoms with Crippen LogP contribution >= 0.6 is 0 Å². The van der Waals surface area contributed by atoms with Gasteiger partial charge < -0.3 is 10.5 Å². The lowest BCUT2D eigenvalue weighted by molar-refractivity contribution is 0.130. The summed E-state index contributed by atoms with van der Waals surface area (Å²) in [5, 5.41) is 0. The molecular formula is C15H26N2O. The summed E-state index contributed by atoms with van der Waals surface area (Å²) in [7, 11) is 3.84. The predicted molar refractivity (Wildman–Crippen MR) is 76.9 cm³/mol. The van der Waals surface area contributed by atoms with E-state index in [2.05, 4.69) is 44.9 Å². The van der Waals surface area contributed by atoms with E-state index in [9.17, 15) is 0 Å². The Morgan fingerprint density at radius 2 is 2.06 bits per heavy atom. The molecule has 1 unspecified atom stereocenters. The first kappa shape index (κ1) is 15.0. The van der Waals surface area contributed by atoms with Crippen LogP contribution in [0.15, 0.2) is 18.2 Å². The smallest absolute Gasteiger partial charge is 0.123 e. The molecule has 0 radical (unpaired) electrons. The standard InChI is InChI=1S/C15H26N2O/c1-6-15(3,11-16)17(4)10-13-9-12(2)7-8-14(13)18-5/h7-9H,6,10-11,16H2,1-5H3. The molecule has 2 N–H and O–H groups in total. The van der Waals surface area contributed by atoms with Crippen molar-refractivity contribution in [2.45, 2.75) is 39.3 Å². The van der Waals surface area contributed by atoms with Crippen molar-refractivity contribution >= 4 is 0 Å². The van der Waals surface area contributed by atoms with Crippen LogP contribution in [0.1, 0.15) is 31.4 Å². The second-order valence-corrected chi connectivity index (χ2v) is 5.23. The van der Waals surface area contributed by atoms with Gasteiger partial charge in [0.2, 0.25) is 0 Å². The van der Waals surface area contributed by atoms with Crippen molar-refractivity contribution < 1.29 is 4.74 Å². The van der Waals surface area contributed by atoms with Crippen molar-refractivity contribution in [1.29, 1.82) is 0 Å². The highest BCUT2D eigenvalue weighted by Gasteiger charge is 2.26. The van der Waals surface area contributed by atoms with E-state index in [1.54, 1.807) is 7.11 Å². The van der Waals surface area contributed by atoms with E-state index in [0.717, 1.165) is 18.7 Å². The zero-order chi connectivity index (χ0) is 13.8. The largest absolute Gasteiger partial charge is 0.496 e. The van der Waals surface area contributed by atoms with Gasteiger partial charge in [-0.15, -0.1) is 0 Å². The molecule has 1 atom stereocenters. The fourth-order valence-corrected chi connectivity index (χ4v) is 2.05. The van der Waals surface area contributed by atoms with Gasteiger partial charge in [0, 0.05) is 24.2 Å². The molecule has 0 aliphatic carbocycles. The molecule has 0 aliphatic heterocycles. The van der Waals surface area contributed by atoms with Crippen molar-refractivity contribution in [3.63, 3.8) is 0 Å². The molecule has 0 fully saturated rings. The number of ether oxygens (including phenoxy) is 1. The van der Waals surface area contributed by atoms with Gasteiger partial charge in [-0.3, -0.25) is 4.90 Å². The number of nitrogens with two attached hydrogens (primary N) is 1. The van der Waals surface area contributed by atoms with Gasteiger partial charge in [-0.1, -0.05) is 24.6 Å². The van der Waals surface area contributed by atoms with E-state index in [-0.39, 0.29) is 5.54 Å². The number of likely N-dealkylation sites (N-methyl/N-ethyl adjacent to an activating group) is 1. The van der Waals surface area contributed by atoms with E-state index < -0.39 is 0 Å². The number of benzene rings is 1. The Morgan fingerprint density at radius 3 is 2.56 bits per heavy atom. The SMILES string of the molecule is CCC(C)(CN)N(C)Cc1cc(C)ccc1OC. The lowest BCUT2D eigenvalue weighted by Crippen LogP contribution is -2.48. The van der Waals surface area contributed by atoms with Gasteiger partial charge in [0.25, 0.3) is 0 Å². The molecule has 0 spiro atoms. The Hall–Kier alpha value is -1.06. The van der Waals surface area contributed by atoms with Crippen LogP contribution in [0.4, 0.5) is 0 Å². The Morgan fingerprint density at radius 1 is 1.39 bits per heavy atom. The topological polar surface area (TPSA) is 38.5 Å². The van der Waals surface area contributed by atoms with Gasteiger partial charge in [0.05, 0.1) is 7.11 Å². The molecule has 1 aromatic rings. The van der Waals surface area contributed by atoms with Crippen molar-refractivity contribution in [1.82, 2.24) is 4.90 Å². The van der Waals surface area contributed by atoms with E-state index in [4.69, 9.17) is 10.5 Å². The van der Waals surface area contributed by atoms with E-state index in [0.29, 0.717) is 6.54 Å². The summed E-state index contributed by atoms with van der Waals surface area (Å²) in [6.45, 7) is 8.00. The summed E-state index contributed by atoms with van der Waals surface area (Å²) < 4.78 is 5.42. The number of methoxy groups -OCH3 is 1. The predicted octanol–water partition coefficient (Wildman–Crippen LogP) is 2.56. The van der Waals surface area contributed by atoms with E-state index in [1.807, 2.05) is 6.07 Å². The Labute approximate surface area is 111 Å². The average Bonchev–Trinajstić information content (AvgIpc) is 2.38. The number of aryl methyl sites for hydroxylation is 1. The lowest BCUT2D eigenvalue weighted by Gasteiger charge is -2.37. The maximum Gasteiger partial charge on any atom is 0.123 e. The number of hydrogen-bond acceptors (Lipinski definition) is 3. The maximum absolute atomic E-state index is 5.90. The summed E-state index contributed by atoms with van der Waals surface area (Å²) in [6, 6.07) is 6.29. The van der Waals surface area contributed by atoms with Crippen LogP contribution in [0, 0.1) is 6.92 Å². The Kier molecular flexibility index (Phi) is 5.17. The van der Waals surface area contributed by atoms with Gasteiger partial charge in [0.15, 0.2) is 0 Å². The summed E-state index contributed by atoms with van der Waals surface area (Å²) >= 11 is 0. The minimum atomic E-state index is 0.0365. The van der Waals surface area contributed by atoms with Crippen LogP contribution in [0.25, 0.3) is 0 Å². The van der Waals surface area contributed by atoms with Crippen LogP contribution in [0.5, 0.6) is 5.75 Å². The molecular weight excluding hydrogens is 224 g/mol. The molecule has 0 bridgehead atoms. The van der Waals surface area contributed by atoms with Gasteiger partial charge in [-0.05, 0) is 33.4 Å². The summed E-state index contributed by atoms with van der Waals surface area (Å²) in [6.07, 6.45) is 1.04. The summed E-state index contributed by atoms with van der Waals surface area (Å²) in [5.41, 5.74) is 8.41. The third-order valence-corrected chi connectivity index (χ3v) is 3.97. The molecule has 0 saturated carbocycles. The monoisotopic (exact) mass is 250 g/mol. The molecule has 3 nitrogen and oxygen atoms in total. The molecule has 0 saturated heterocycles. The van der Waals surface area contributed by atoms with Crippen molar-refractivity contribution in [3.05, 3.63) is 29.3 Å². The zero-order valence-electron chi connectivity index (χ0n) is 12.3. The van der Waals surface area contributed by atoms with Gasteiger partial charge in [0.1, 0.15) is 5.75 Å². The first-order valence-electron chi connectivity index (χ1n) is 6.51. The van der Waals surface area contributed by atoms with Gasteiger partial charge >= 0.3 is 0 Å². The Balaban J connectivity index is 2.93. The number of hydrogen-bond donors (Lipinski definition) is 1. The third-order valence-electron chi connectivity index (χ3n) is 3.97. The molecule has 3 heteroatoms. The third kappa shape index (κ3) is 3.24. The minimum absolute atomic E-state index is 0.0365. The van der Waals surface area contributed by atoms with E-state index in [1.165, 1.54) is 11.1 Å². The molecule has 0 aliphatic rings. The van der Waals surface area contributed by atoms with Gasteiger partial charge in [-0.25, -0.2) is 0 Å². The number of nitrogens with zero attached hydrogens (tertiary/aromatic N) is 1. The van der Waals surface area contributed by atoms with Gasteiger partial charge in [-0.2, -0.15) is 0 Å². The Bertz CT molecular complexity index is 386. The summed E-state index contributed by atoms with van der Waals surface area (Å²) in [4.78, 5) is 2.31. The molecule has 102 valence electrons. The maximum atomic E-state index is 5.90. The molecule has 0 aromatic heterocycles. The fourth-order valence-electron chi connectivity index (χ4n) is 2.05. The first-order valence-corrected chi connectivity index (χ1v) is 6.51. The quantitative estimate of drug-likeness (QED) is 0.843. The summed E-state index contributed by atoms with van der Waals surface area (Å²) in [5.74, 6) is 0.947.